The van der Waals surface area contributed by atoms with Gasteiger partial charge in [0.1, 0.15) is 10.6 Å². The molecule has 0 unspecified atom stereocenters. The zero-order valence-corrected chi connectivity index (χ0v) is 27.3. The molecule has 250 valence electrons. The zero-order valence-electron chi connectivity index (χ0n) is 25.8. The first-order valence-electron chi connectivity index (χ1n) is 14.8. The zero-order chi connectivity index (χ0) is 33.9. The van der Waals surface area contributed by atoms with Gasteiger partial charge in [0.15, 0.2) is 0 Å². The van der Waals surface area contributed by atoms with E-state index in [1.165, 1.54) is 36.4 Å². The molecule has 0 aliphatic heterocycles. The van der Waals surface area contributed by atoms with Gasteiger partial charge >= 0.3 is 12.3 Å². The van der Waals surface area contributed by atoms with E-state index in [0.29, 0.717) is 17.0 Å². The van der Waals surface area contributed by atoms with Crippen LogP contribution < -0.4 is 10.1 Å². The normalized spacial score (nSPS) is 14.8. The number of aliphatic carboxylic acids is 1. The highest BCUT2D eigenvalue weighted by atomic mass is 35.5. The molecule has 1 aliphatic rings. The third-order valence-corrected chi connectivity index (χ3v) is 10.2. The van der Waals surface area contributed by atoms with Gasteiger partial charge in [-0.15, -0.1) is 13.2 Å². The molecule has 13 heteroatoms. The lowest BCUT2D eigenvalue weighted by molar-refractivity contribution is -0.275. The van der Waals surface area contributed by atoms with Crippen LogP contribution in [0.15, 0.2) is 65.6 Å². The molecular weight excluding hydrogens is 645 g/mol. The minimum absolute atomic E-state index is 0.0678. The van der Waals surface area contributed by atoms with Crippen molar-refractivity contribution in [2.24, 2.45) is 5.92 Å². The smallest absolute Gasteiger partial charge is 0.481 e. The molecule has 0 heterocycles. The van der Waals surface area contributed by atoms with E-state index in [2.05, 4.69) is 22.2 Å². The maximum Gasteiger partial charge on any atom is 0.573 e. The van der Waals surface area contributed by atoms with E-state index in [4.69, 9.17) is 16.7 Å². The molecule has 1 atom stereocenters. The number of halogens is 4. The van der Waals surface area contributed by atoms with Gasteiger partial charge < -0.3 is 20.3 Å². The number of nitrogens with one attached hydrogen (secondary N) is 1. The summed E-state index contributed by atoms with van der Waals surface area (Å²) in [7, 11) is -3.36. The van der Waals surface area contributed by atoms with Crippen molar-refractivity contribution in [3.63, 3.8) is 0 Å². The van der Waals surface area contributed by atoms with E-state index in [0.717, 1.165) is 35.7 Å². The van der Waals surface area contributed by atoms with E-state index >= 15 is 0 Å². The highest BCUT2D eigenvalue weighted by Gasteiger charge is 2.36. The van der Waals surface area contributed by atoms with Crippen LogP contribution in [0.2, 0.25) is 5.02 Å². The second-order valence-corrected chi connectivity index (χ2v) is 14.8. The fourth-order valence-electron chi connectivity index (χ4n) is 5.90. The quantitative estimate of drug-likeness (QED) is 0.189. The summed E-state index contributed by atoms with van der Waals surface area (Å²) in [5.41, 5.74) is 3.40. The number of carboxylic acids is 1. The molecule has 3 aromatic carbocycles. The predicted octanol–water partition coefficient (Wildman–Crippen LogP) is 6.08. The number of nitrogens with zero attached hydrogens (tertiary/aromatic N) is 1. The van der Waals surface area contributed by atoms with E-state index in [-0.39, 0.29) is 42.1 Å². The van der Waals surface area contributed by atoms with Gasteiger partial charge in [-0.2, -0.15) is 4.31 Å². The van der Waals surface area contributed by atoms with Gasteiger partial charge in [0.2, 0.25) is 10.0 Å². The Morgan fingerprint density at radius 3 is 2.33 bits per heavy atom. The van der Waals surface area contributed by atoms with Gasteiger partial charge in [0, 0.05) is 42.7 Å². The fourth-order valence-corrected chi connectivity index (χ4v) is 7.51. The summed E-state index contributed by atoms with van der Waals surface area (Å²) >= 11 is 6.36. The summed E-state index contributed by atoms with van der Waals surface area (Å²) in [6.07, 6.45) is -3.49. The first-order chi connectivity index (χ1) is 21.4. The SMILES string of the molecule is CN(C[C@H](O)CNC(C)(C)CC1Cc2ccccc2C1)S(=O)(=O)c1ccc(-c2ccc(CCC(=O)O)cc2Cl)cc1OC(F)(F)F. The molecule has 0 aromatic heterocycles. The molecule has 0 saturated carbocycles. The Morgan fingerprint density at radius 1 is 1.09 bits per heavy atom. The van der Waals surface area contributed by atoms with Crippen molar-refractivity contribution < 1.29 is 41.3 Å². The lowest BCUT2D eigenvalue weighted by Gasteiger charge is -2.31. The van der Waals surface area contributed by atoms with Crippen molar-refractivity contribution in [2.75, 3.05) is 20.1 Å². The van der Waals surface area contributed by atoms with E-state index in [1.54, 1.807) is 6.07 Å². The number of aryl methyl sites for hydroxylation is 1. The molecule has 1 aliphatic carbocycles. The topological polar surface area (TPSA) is 116 Å². The fraction of sp³-hybridized carbons (Fsp3) is 0.424. The summed E-state index contributed by atoms with van der Waals surface area (Å²) in [5.74, 6) is -1.51. The van der Waals surface area contributed by atoms with E-state index in [1.807, 2.05) is 26.0 Å². The van der Waals surface area contributed by atoms with Gasteiger partial charge in [-0.1, -0.05) is 54.1 Å². The minimum Gasteiger partial charge on any atom is -0.481 e. The largest absolute Gasteiger partial charge is 0.573 e. The van der Waals surface area contributed by atoms with Crippen molar-refractivity contribution in [1.29, 1.82) is 0 Å². The number of aliphatic hydroxyl groups is 1. The van der Waals surface area contributed by atoms with Gasteiger partial charge in [-0.05, 0) is 85.9 Å². The van der Waals surface area contributed by atoms with Crippen LogP contribution in [0.25, 0.3) is 11.1 Å². The monoisotopic (exact) mass is 682 g/mol. The number of sulfonamides is 1. The van der Waals surface area contributed by atoms with Crippen molar-refractivity contribution in [3.05, 3.63) is 82.4 Å². The number of likely N-dealkylation sites (N-methyl/N-ethyl adjacent to an activating group) is 1. The molecule has 0 amide bonds. The molecule has 0 spiro atoms. The number of fused-ring (bicyclic) bond motifs is 1. The number of rotatable bonds is 14. The van der Waals surface area contributed by atoms with Gasteiger partial charge in [0.05, 0.1) is 6.10 Å². The van der Waals surface area contributed by atoms with Crippen molar-refractivity contribution >= 4 is 27.6 Å². The number of ether oxygens (including phenoxy) is 1. The number of β-amino-alcohol motifs (C(OH)–C–C–N with tert-alkyl or cyclic N) is 1. The minimum atomic E-state index is -5.19. The van der Waals surface area contributed by atoms with Crippen LogP contribution in [0.5, 0.6) is 5.75 Å². The Labute approximate surface area is 272 Å². The first-order valence-corrected chi connectivity index (χ1v) is 16.6. The van der Waals surface area contributed by atoms with Crippen LogP contribution in [-0.2, 0) is 34.1 Å². The van der Waals surface area contributed by atoms with E-state index < -0.39 is 39.1 Å². The highest BCUT2D eigenvalue weighted by Crippen LogP contribution is 2.38. The molecule has 4 rings (SSSR count). The average Bonchev–Trinajstić information content (AvgIpc) is 3.35. The molecule has 3 N–H and O–H groups in total. The van der Waals surface area contributed by atoms with Crippen LogP contribution in [0.1, 0.15) is 43.4 Å². The number of benzene rings is 3. The van der Waals surface area contributed by atoms with Crippen molar-refractivity contribution in [3.8, 4) is 16.9 Å². The summed E-state index contributed by atoms with van der Waals surface area (Å²) < 4.78 is 72.2. The predicted molar refractivity (Wildman–Crippen MR) is 169 cm³/mol. The van der Waals surface area contributed by atoms with E-state index in [9.17, 15) is 31.5 Å². The summed E-state index contributed by atoms with van der Waals surface area (Å²) in [6, 6.07) is 16.2. The van der Waals surface area contributed by atoms with Crippen molar-refractivity contribution in [1.82, 2.24) is 9.62 Å². The standard InChI is InChI=1S/C33H38ClF3N2O6S/c1-32(2,18-22-14-23-6-4-5-7-24(23)15-22)38-19-26(40)20-39(3)46(43,44)30-12-10-25(17-29(30)45-33(35,36)37)27-11-8-21(16-28(27)34)9-13-31(41)42/h4-8,10-12,16-17,22,26,38,40H,9,13-15,18-20H2,1-3H3,(H,41,42)/t26-/m1/s1. The van der Waals surface area contributed by atoms with Crippen LogP contribution >= 0.6 is 11.6 Å². The second-order valence-electron chi connectivity index (χ2n) is 12.4. The summed E-state index contributed by atoms with van der Waals surface area (Å²) in [4.78, 5) is 10.1. The Hall–Kier alpha value is -3.16. The van der Waals surface area contributed by atoms with Crippen LogP contribution in [0.4, 0.5) is 13.2 Å². The molecule has 0 radical (unpaired) electrons. The Bertz CT molecular complexity index is 1640. The van der Waals surface area contributed by atoms with Gasteiger partial charge in [-0.25, -0.2) is 8.42 Å². The molecular formula is C33H38ClF3N2O6S. The number of hydrogen-bond acceptors (Lipinski definition) is 6. The number of carbonyl (C=O) groups is 1. The Morgan fingerprint density at radius 2 is 1.74 bits per heavy atom. The molecule has 8 nitrogen and oxygen atoms in total. The van der Waals surface area contributed by atoms with Gasteiger partial charge in [-0.3, -0.25) is 4.79 Å². The summed E-state index contributed by atoms with van der Waals surface area (Å²) in [5, 5.41) is 23.1. The molecule has 0 saturated heterocycles. The number of carboxylic acid groups (broad SMARTS) is 1. The third kappa shape index (κ3) is 9.45. The molecule has 0 fully saturated rings. The molecule has 46 heavy (non-hydrogen) atoms. The lowest BCUT2D eigenvalue weighted by atomic mass is 9.88. The number of alkyl halides is 3. The summed E-state index contributed by atoms with van der Waals surface area (Å²) in [6.45, 7) is 3.72. The number of hydrogen-bond donors (Lipinski definition) is 3. The second kappa shape index (κ2) is 14.3. The van der Waals surface area contributed by atoms with Crippen LogP contribution in [0.3, 0.4) is 0 Å². The lowest BCUT2D eigenvalue weighted by Crippen LogP contribution is -2.47. The average molecular weight is 683 g/mol. The Balaban J connectivity index is 1.45. The third-order valence-electron chi connectivity index (χ3n) is 8.05. The molecule has 0 bridgehead atoms. The highest BCUT2D eigenvalue weighted by molar-refractivity contribution is 7.89. The van der Waals surface area contributed by atoms with Gasteiger partial charge in [0.25, 0.3) is 0 Å². The van der Waals surface area contributed by atoms with Crippen molar-refractivity contribution in [2.45, 2.75) is 68.9 Å². The maximum atomic E-state index is 13.5. The maximum absolute atomic E-state index is 13.5. The van der Waals surface area contributed by atoms with Crippen LogP contribution in [0, 0.1) is 5.92 Å². The van der Waals surface area contributed by atoms with Crippen LogP contribution in [-0.4, -0.2) is 67.0 Å². The Kier molecular flexibility index (Phi) is 11.1. The number of aliphatic hydroxyl groups excluding tert-OH is 1. The molecule has 3 aromatic rings. The first kappa shape index (κ1) is 35.7.